The predicted molar refractivity (Wildman–Crippen MR) is 124 cm³/mol. The molecule has 5 nitrogen and oxygen atoms in total. The topological polar surface area (TPSA) is 66.5 Å². The minimum absolute atomic E-state index is 0.118. The van der Waals surface area contributed by atoms with Crippen LogP contribution in [0, 0.1) is 6.92 Å². The van der Waals surface area contributed by atoms with E-state index in [0.717, 1.165) is 36.8 Å². The van der Waals surface area contributed by atoms with Crippen molar-refractivity contribution in [1.82, 2.24) is 9.62 Å². The standard InChI is InChI=1S/C24H31ClN2O3S/c1-19-9-11-20(12-10-19)17-27(31(29,30)23-15-13-21(25)14-16-23)18-24(28)26-22-7-5-3-2-4-6-8-22/h9-16,22H,2-8,17-18H2,1H3,(H,26,28). The Hall–Kier alpha value is -1.89. The zero-order chi connectivity index (χ0) is 22.3. The molecule has 1 aliphatic rings. The number of aryl methyl sites for hydroxylation is 1. The molecule has 0 spiro atoms. The Bertz CT molecular complexity index is 951. The van der Waals surface area contributed by atoms with E-state index in [1.54, 1.807) is 12.1 Å². The van der Waals surface area contributed by atoms with E-state index in [9.17, 15) is 13.2 Å². The van der Waals surface area contributed by atoms with Gasteiger partial charge in [-0.25, -0.2) is 8.42 Å². The Kier molecular flexibility index (Phi) is 8.52. The highest BCUT2D eigenvalue weighted by atomic mass is 35.5. The molecule has 1 aliphatic carbocycles. The van der Waals surface area contributed by atoms with Crippen molar-refractivity contribution in [1.29, 1.82) is 0 Å². The van der Waals surface area contributed by atoms with Crippen molar-refractivity contribution in [2.75, 3.05) is 6.54 Å². The van der Waals surface area contributed by atoms with Gasteiger partial charge in [-0.05, 0) is 49.6 Å². The van der Waals surface area contributed by atoms with Crippen molar-refractivity contribution in [2.24, 2.45) is 0 Å². The zero-order valence-corrected chi connectivity index (χ0v) is 19.6. The van der Waals surface area contributed by atoms with Crippen molar-refractivity contribution in [2.45, 2.75) is 69.4 Å². The Morgan fingerprint density at radius 1 is 0.968 bits per heavy atom. The van der Waals surface area contributed by atoms with Crippen molar-refractivity contribution in [3.8, 4) is 0 Å². The normalized spacial score (nSPS) is 16.0. The molecule has 0 aliphatic heterocycles. The minimum atomic E-state index is -3.86. The lowest BCUT2D eigenvalue weighted by Gasteiger charge is -2.25. The molecule has 0 aromatic heterocycles. The van der Waals surface area contributed by atoms with Gasteiger partial charge in [0.2, 0.25) is 15.9 Å². The summed E-state index contributed by atoms with van der Waals surface area (Å²) in [5.74, 6) is -0.254. The molecule has 1 saturated carbocycles. The fraction of sp³-hybridized carbons (Fsp3) is 0.458. The summed E-state index contributed by atoms with van der Waals surface area (Å²) >= 11 is 5.93. The summed E-state index contributed by atoms with van der Waals surface area (Å²) in [6.07, 6.45) is 7.74. The second kappa shape index (κ2) is 11.1. The highest BCUT2D eigenvalue weighted by molar-refractivity contribution is 7.89. The summed E-state index contributed by atoms with van der Waals surface area (Å²) < 4.78 is 27.9. The van der Waals surface area contributed by atoms with E-state index in [2.05, 4.69) is 5.32 Å². The van der Waals surface area contributed by atoms with Crippen LogP contribution >= 0.6 is 11.6 Å². The van der Waals surface area contributed by atoms with Gasteiger partial charge in [0.1, 0.15) is 0 Å². The first-order valence-corrected chi connectivity index (χ1v) is 12.8. The van der Waals surface area contributed by atoms with Gasteiger partial charge < -0.3 is 5.32 Å². The zero-order valence-electron chi connectivity index (χ0n) is 18.0. The number of carbonyl (C=O) groups excluding carboxylic acids is 1. The number of rotatable bonds is 7. The summed E-state index contributed by atoms with van der Waals surface area (Å²) in [6.45, 7) is 1.90. The molecule has 2 aromatic rings. The van der Waals surface area contributed by atoms with Crippen LogP contribution in [0.15, 0.2) is 53.4 Å². The van der Waals surface area contributed by atoms with Gasteiger partial charge in [0.15, 0.2) is 0 Å². The van der Waals surface area contributed by atoms with Gasteiger partial charge in [0.25, 0.3) is 0 Å². The number of nitrogens with one attached hydrogen (secondary N) is 1. The first-order valence-electron chi connectivity index (χ1n) is 11.0. The molecule has 7 heteroatoms. The SMILES string of the molecule is Cc1ccc(CN(CC(=O)NC2CCCCCCC2)S(=O)(=O)c2ccc(Cl)cc2)cc1. The fourth-order valence-electron chi connectivity index (χ4n) is 3.91. The van der Waals surface area contributed by atoms with Crippen molar-refractivity contribution >= 4 is 27.5 Å². The van der Waals surface area contributed by atoms with Gasteiger partial charge >= 0.3 is 0 Å². The molecule has 3 rings (SSSR count). The molecule has 31 heavy (non-hydrogen) atoms. The number of amides is 1. The fourth-order valence-corrected chi connectivity index (χ4v) is 5.42. The van der Waals surface area contributed by atoms with Crippen LogP contribution in [0.5, 0.6) is 0 Å². The van der Waals surface area contributed by atoms with Crippen LogP contribution in [-0.2, 0) is 21.4 Å². The van der Waals surface area contributed by atoms with Crippen molar-refractivity contribution < 1.29 is 13.2 Å². The highest BCUT2D eigenvalue weighted by Crippen LogP contribution is 2.21. The second-order valence-electron chi connectivity index (χ2n) is 8.32. The van der Waals surface area contributed by atoms with Crippen molar-refractivity contribution in [3.63, 3.8) is 0 Å². The maximum absolute atomic E-state index is 13.3. The quantitative estimate of drug-likeness (QED) is 0.624. The molecule has 0 unspecified atom stereocenters. The van der Waals surface area contributed by atoms with Crippen LogP contribution in [0.25, 0.3) is 0 Å². The van der Waals surface area contributed by atoms with Gasteiger partial charge in [-0.2, -0.15) is 4.31 Å². The molecule has 0 atom stereocenters. The predicted octanol–water partition coefficient (Wildman–Crippen LogP) is 5.07. The number of carbonyl (C=O) groups is 1. The summed E-state index contributed by atoms with van der Waals surface area (Å²) in [4.78, 5) is 13.0. The lowest BCUT2D eigenvalue weighted by Crippen LogP contribution is -2.44. The first kappa shape index (κ1) is 23.8. The number of halogens is 1. The Morgan fingerprint density at radius 2 is 1.55 bits per heavy atom. The van der Waals surface area contributed by atoms with E-state index in [1.807, 2.05) is 31.2 Å². The van der Waals surface area contributed by atoms with Crippen LogP contribution < -0.4 is 5.32 Å². The van der Waals surface area contributed by atoms with E-state index in [1.165, 1.54) is 35.7 Å². The molecule has 2 aromatic carbocycles. The third-order valence-corrected chi connectivity index (χ3v) is 7.78. The average molecular weight is 463 g/mol. The third kappa shape index (κ3) is 7.06. The van der Waals surface area contributed by atoms with Gasteiger partial charge in [-0.15, -0.1) is 0 Å². The van der Waals surface area contributed by atoms with Gasteiger partial charge in [0.05, 0.1) is 11.4 Å². The second-order valence-corrected chi connectivity index (χ2v) is 10.7. The van der Waals surface area contributed by atoms with E-state index in [-0.39, 0.29) is 29.9 Å². The molecule has 1 amide bonds. The largest absolute Gasteiger partial charge is 0.352 e. The smallest absolute Gasteiger partial charge is 0.243 e. The Balaban J connectivity index is 1.78. The number of hydrogen-bond acceptors (Lipinski definition) is 3. The number of nitrogens with zero attached hydrogens (tertiary/aromatic N) is 1. The van der Waals surface area contributed by atoms with E-state index in [4.69, 9.17) is 11.6 Å². The van der Waals surface area contributed by atoms with Crippen LogP contribution in [0.1, 0.15) is 56.1 Å². The molecule has 1 fully saturated rings. The minimum Gasteiger partial charge on any atom is -0.352 e. The molecule has 0 saturated heterocycles. The average Bonchev–Trinajstić information content (AvgIpc) is 2.71. The number of sulfonamides is 1. The van der Waals surface area contributed by atoms with Crippen LogP contribution in [0.2, 0.25) is 5.02 Å². The maximum atomic E-state index is 13.3. The molecule has 0 radical (unpaired) electrons. The highest BCUT2D eigenvalue weighted by Gasteiger charge is 2.27. The summed E-state index contributed by atoms with van der Waals surface area (Å²) in [6, 6.07) is 13.8. The monoisotopic (exact) mass is 462 g/mol. The lowest BCUT2D eigenvalue weighted by molar-refractivity contribution is -0.122. The number of hydrogen-bond donors (Lipinski definition) is 1. The van der Waals surface area contributed by atoms with E-state index in [0.29, 0.717) is 5.02 Å². The lowest BCUT2D eigenvalue weighted by atomic mass is 9.97. The summed E-state index contributed by atoms with van der Waals surface area (Å²) in [7, 11) is -3.86. The first-order chi connectivity index (χ1) is 14.8. The molecule has 168 valence electrons. The van der Waals surface area contributed by atoms with Gasteiger partial charge in [-0.1, -0.05) is 73.5 Å². The van der Waals surface area contributed by atoms with E-state index >= 15 is 0 Å². The Morgan fingerprint density at radius 3 is 2.16 bits per heavy atom. The van der Waals surface area contributed by atoms with E-state index < -0.39 is 10.0 Å². The molecular weight excluding hydrogens is 432 g/mol. The number of benzene rings is 2. The van der Waals surface area contributed by atoms with Gasteiger partial charge in [-0.3, -0.25) is 4.79 Å². The molecule has 0 bridgehead atoms. The van der Waals surface area contributed by atoms with Gasteiger partial charge in [0, 0.05) is 17.6 Å². The van der Waals surface area contributed by atoms with Crippen molar-refractivity contribution in [3.05, 3.63) is 64.7 Å². The Labute approximate surface area is 190 Å². The molecule has 0 heterocycles. The van der Waals surface area contributed by atoms with Crippen LogP contribution in [0.4, 0.5) is 0 Å². The van der Waals surface area contributed by atoms with Crippen LogP contribution in [-0.4, -0.2) is 31.2 Å². The third-order valence-electron chi connectivity index (χ3n) is 5.72. The molecular formula is C24H31ClN2O3S. The summed E-state index contributed by atoms with van der Waals surface area (Å²) in [5, 5.41) is 3.54. The molecule has 1 N–H and O–H groups in total. The van der Waals surface area contributed by atoms with Crippen LogP contribution in [0.3, 0.4) is 0 Å². The summed E-state index contributed by atoms with van der Waals surface area (Å²) in [5.41, 5.74) is 1.93. The maximum Gasteiger partial charge on any atom is 0.243 e.